The van der Waals surface area contributed by atoms with E-state index in [1.165, 1.54) is 0 Å². The lowest BCUT2D eigenvalue weighted by Crippen LogP contribution is -2.44. The Balaban J connectivity index is 2.04. The van der Waals surface area contributed by atoms with Gasteiger partial charge >= 0.3 is 5.97 Å². The number of carbonyl (C=O) groups is 1. The van der Waals surface area contributed by atoms with Crippen LogP contribution in [0.5, 0.6) is 0 Å². The summed E-state index contributed by atoms with van der Waals surface area (Å²) in [5, 5.41) is 10.7. The molecule has 6 heteroatoms. The van der Waals surface area contributed by atoms with Crippen LogP contribution in [0, 0.1) is 0 Å². The number of carbonyl (C=O) groups excluding carboxylic acids is 1. The van der Waals surface area contributed by atoms with Crippen molar-refractivity contribution in [2.75, 3.05) is 0 Å². The van der Waals surface area contributed by atoms with E-state index in [4.69, 9.17) is 4.74 Å². The minimum Gasteiger partial charge on any atom is -0.458 e. The molecule has 1 atom stereocenters. The molecule has 112 valence electrons. The second-order valence-electron chi connectivity index (χ2n) is 5.61. The van der Waals surface area contributed by atoms with Crippen molar-refractivity contribution in [3.63, 3.8) is 0 Å². The first-order valence-electron chi connectivity index (χ1n) is 7.17. The van der Waals surface area contributed by atoms with Crippen molar-refractivity contribution in [2.45, 2.75) is 32.1 Å². The first-order chi connectivity index (χ1) is 10.6. The molecule has 4 heterocycles. The van der Waals surface area contributed by atoms with E-state index in [0.717, 1.165) is 11.3 Å². The maximum atomic E-state index is 12.7. The molecule has 0 fully saturated rings. The summed E-state index contributed by atoms with van der Waals surface area (Å²) in [6.45, 7) is 2.04. The van der Waals surface area contributed by atoms with Gasteiger partial charge in [0, 0.05) is 11.8 Å². The molecule has 0 amide bonds. The Kier molecular flexibility index (Phi) is 2.56. The van der Waals surface area contributed by atoms with Crippen molar-refractivity contribution >= 4 is 5.97 Å². The Morgan fingerprint density at radius 3 is 3.05 bits per heavy atom. The Bertz CT molecular complexity index is 871. The molecule has 22 heavy (non-hydrogen) atoms. The highest BCUT2D eigenvalue weighted by Crippen LogP contribution is 2.37. The molecule has 1 N–H and O–H groups in total. The van der Waals surface area contributed by atoms with Gasteiger partial charge in [0.05, 0.1) is 23.5 Å². The highest BCUT2D eigenvalue weighted by atomic mass is 16.6. The van der Waals surface area contributed by atoms with E-state index in [9.17, 15) is 14.7 Å². The minimum absolute atomic E-state index is 0.0979. The third kappa shape index (κ3) is 1.50. The van der Waals surface area contributed by atoms with Gasteiger partial charge in [-0.2, -0.15) is 0 Å². The number of pyridine rings is 2. The maximum Gasteiger partial charge on any atom is 0.343 e. The summed E-state index contributed by atoms with van der Waals surface area (Å²) in [6.07, 6.45) is 1.81. The average Bonchev–Trinajstić information content (AvgIpc) is 2.91. The van der Waals surface area contributed by atoms with Crippen LogP contribution >= 0.6 is 0 Å². The fraction of sp³-hybridized carbons (Fsp3) is 0.312. The molecule has 0 aliphatic carbocycles. The number of nitrogens with zero attached hydrogens (tertiary/aromatic N) is 2. The van der Waals surface area contributed by atoms with Crippen molar-refractivity contribution in [3.8, 4) is 11.4 Å². The van der Waals surface area contributed by atoms with Gasteiger partial charge < -0.3 is 14.4 Å². The lowest BCUT2D eigenvalue weighted by atomic mass is 9.86. The van der Waals surface area contributed by atoms with Crippen LogP contribution in [0.15, 0.2) is 29.2 Å². The lowest BCUT2D eigenvalue weighted by molar-refractivity contribution is -0.172. The second-order valence-corrected chi connectivity index (χ2v) is 5.61. The number of hydrogen-bond donors (Lipinski definition) is 1. The van der Waals surface area contributed by atoms with Crippen molar-refractivity contribution in [3.05, 3.63) is 51.4 Å². The Morgan fingerprint density at radius 1 is 1.45 bits per heavy atom. The van der Waals surface area contributed by atoms with Crippen molar-refractivity contribution < 1.29 is 14.6 Å². The third-order valence-electron chi connectivity index (χ3n) is 4.51. The topological polar surface area (TPSA) is 81.4 Å². The first kappa shape index (κ1) is 13.2. The number of aliphatic hydroxyl groups is 1. The average molecular weight is 298 g/mol. The summed E-state index contributed by atoms with van der Waals surface area (Å²) in [5.74, 6) is -0.703. The van der Waals surface area contributed by atoms with Crippen LogP contribution in [-0.4, -0.2) is 20.6 Å². The molecular formula is C16H14N2O4. The number of aromatic nitrogens is 2. The number of rotatable bonds is 1. The standard InChI is InChI=1S/C16H14N2O4/c1-2-16(21)11-6-12-13-9(4-3-5-17-13)7-18(12)14(19)10(11)8-22-15(16)20/h3-6,21H,2,7-8H2,1H3. The molecular weight excluding hydrogens is 284 g/mol. The Labute approximate surface area is 126 Å². The van der Waals surface area contributed by atoms with Gasteiger partial charge in [-0.05, 0) is 24.1 Å². The molecule has 0 radical (unpaired) electrons. The molecule has 6 nitrogen and oxygen atoms in total. The zero-order valence-electron chi connectivity index (χ0n) is 12.0. The highest BCUT2D eigenvalue weighted by molar-refractivity contribution is 5.84. The molecule has 2 aromatic heterocycles. The van der Waals surface area contributed by atoms with Crippen molar-refractivity contribution in [1.29, 1.82) is 0 Å². The highest BCUT2D eigenvalue weighted by Gasteiger charge is 2.45. The quantitative estimate of drug-likeness (QED) is 0.676. The monoisotopic (exact) mass is 298 g/mol. The van der Waals surface area contributed by atoms with Crippen LogP contribution in [-0.2, 0) is 28.3 Å². The zero-order valence-corrected chi connectivity index (χ0v) is 12.0. The fourth-order valence-electron chi connectivity index (χ4n) is 3.22. The van der Waals surface area contributed by atoms with E-state index in [2.05, 4.69) is 4.98 Å². The number of ether oxygens (including phenoxy) is 1. The van der Waals surface area contributed by atoms with E-state index >= 15 is 0 Å². The predicted octanol–water partition coefficient (Wildman–Crippen LogP) is 0.926. The fourth-order valence-corrected chi connectivity index (χ4v) is 3.22. The lowest BCUT2D eigenvalue weighted by Gasteiger charge is -2.31. The summed E-state index contributed by atoms with van der Waals surface area (Å²) in [4.78, 5) is 29.0. The molecule has 0 aromatic carbocycles. The van der Waals surface area contributed by atoms with Crippen LogP contribution in [0.3, 0.4) is 0 Å². The van der Waals surface area contributed by atoms with E-state index < -0.39 is 11.6 Å². The van der Waals surface area contributed by atoms with Gasteiger partial charge in [-0.25, -0.2) is 4.79 Å². The molecule has 0 saturated heterocycles. The molecule has 2 aliphatic rings. The Morgan fingerprint density at radius 2 is 2.27 bits per heavy atom. The molecule has 1 unspecified atom stereocenters. The summed E-state index contributed by atoms with van der Waals surface area (Å²) < 4.78 is 6.63. The predicted molar refractivity (Wildman–Crippen MR) is 77.0 cm³/mol. The molecule has 2 aromatic rings. The molecule has 0 spiro atoms. The van der Waals surface area contributed by atoms with Crippen molar-refractivity contribution in [1.82, 2.24) is 9.55 Å². The van der Waals surface area contributed by atoms with Gasteiger partial charge in [0.15, 0.2) is 5.60 Å². The van der Waals surface area contributed by atoms with Crippen LogP contribution in [0.2, 0.25) is 0 Å². The van der Waals surface area contributed by atoms with E-state index in [1.54, 1.807) is 23.8 Å². The van der Waals surface area contributed by atoms with Gasteiger partial charge in [0.25, 0.3) is 5.56 Å². The number of esters is 1. The molecule has 4 rings (SSSR count). The molecule has 2 aliphatic heterocycles. The van der Waals surface area contributed by atoms with Crippen LogP contribution < -0.4 is 5.56 Å². The van der Waals surface area contributed by atoms with E-state index in [1.807, 2.05) is 12.1 Å². The number of fused-ring (bicyclic) bond motifs is 4. The second kappa shape index (κ2) is 4.27. The zero-order chi connectivity index (χ0) is 15.5. The Hall–Kier alpha value is -2.47. The van der Waals surface area contributed by atoms with E-state index in [0.29, 0.717) is 23.4 Å². The van der Waals surface area contributed by atoms with Gasteiger partial charge in [-0.3, -0.25) is 9.78 Å². The van der Waals surface area contributed by atoms with Gasteiger partial charge in [0.1, 0.15) is 6.61 Å². The SMILES string of the molecule is CCC1(O)C(=O)OCc2c1cc1n(c2=O)Cc2cccnc2-1. The summed E-state index contributed by atoms with van der Waals surface area (Å²) in [5.41, 5.74) is 1.01. The summed E-state index contributed by atoms with van der Waals surface area (Å²) in [7, 11) is 0. The van der Waals surface area contributed by atoms with Gasteiger partial charge in [0.2, 0.25) is 0 Å². The largest absolute Gasteiger partial charge is 0.458 e. The maximum absolute atomic E-state index is 12.7. The normalized spacial score (nSPS) is 21.8. The molecule has 0 bridgehead atoms. The smallest absolute Gasteiger partial charge is 0.343 e. The minimum atomic E-state index is -1.76. The summed E-state index contributed by atoms with van der Waals surface area (Å²) in [6, 6.07) is 5.45. The summed E-state index contributed by atoms with van der Waals surface area (Å²) >= 11 is 0. The van der Waals surface area contributed by atoms with Gasteiger partial charge in [-0.1, -0.05) is 13.0 Å². The number of hydrogen-bond acceptors (Lipinski definition) is 5. The van der Waals surface area contributed by atoms with Crippen LogP contribution in [0.1, 0.15) is 30.0 Å². The van der Waals surface area contributed by atoms with E-state index in [-0.39, 0.29) is 18.6 Å². The molecule has 0 saturated carbocycles. The van der Waals surface area contributed by atoms with Crippen molar-refractivity contribution in [2.24, 2.45) is 0 Å². The van der Waals surface area contributed by atoms with Gasteiger partial charge in [-0.15, -0.1) is 0 Å². The first-order valence-corrected chi connectivity index (χ1v) is 7.17. The van der Waals surface area contributed by atoms with Crippen LogP contribution in [0.25, 0.3) is 11.4 Å². The number of cyclic esters (lactones) is 1. The third-order valence-corrected chi connectivity index (χ3v) is 4.51. The van der Waals surface area contributed by atoms with Crippen LogP contribution in [0.4, 0.5) is 0 Å².